The predicted octanol–water partition coefficient (Wildman–Crippen LogP) is 1.99. The van der Waals surface area contributed by atoms with Crippen molar-refractivity contribution >= 4 is 6.03 Å². The zero-order valence-electron chi connectivity index (χ0n) is 16.5. The number of morpholine rings is 1. The Bertz CT molecular complexity index is 545. The van der Waals surface area contributed by atoms with Crippen LogP contribution in [0.25, 0.3) is 0 Å². The Labute approximate surface area is 162 Å². The molecule has 2 heterocycles. The van der Waals surface area contributed by atoms with Crippen LogP contribution in [-0.4, -0.2) is 68.6 Å². The number of amides is 2. The number of carbonyl (C=O) groups is 1. The van der Waals surface area contributed by atoms with Crippen LogP contribution in [0.2, 0.25) is 0 Å². The predicted molar refractivity (Wildman–Crippen MR) is 103 cm³/mol. The molecule has 2 amide bonds. The molecular formula is C21H35N3O3. The SMILES string of the molecule is O=C(NCC1(N2CCOCC2)CCOCC1)N[C@@H]1C[C@H]2C[C@H]1[C@@H]1CCC[C@H]21. The van der Waals surface area contributed by atoms with Crippen molar-refractivity contribution in [2.45, 2.75) is 56.5 Å². The Hall–Kier alpha value is -0.850. The molecule has 5 atom stereocenters. The van der Waals surface area contributed by atoms with E-state index in [4.69, 9.17) is 9.47 Å². The van der Waals surface area contributed by atoms with Crippen molar-refractivity contribution < 1.29 is 14.3 Å². The molecule has 2 N–H and O–H groups in total. The van der Waals surface area contributed by atoms with Crippen molar-refractivity contribution in [1.29, 1.82) is 0 Å². The van der Waals surface area contributed by atoms with Crippen LogP contribution in [0.5, 0.6) is 0 Å². The van der Waals surface area contributed by atoms with Crippen molar-refractivity contribution in [2.24, 2.45) is 23.7 Å². The van der Waals surface area contributed by atoms with Crippen LogP contribution < -0.4 is 10.6 Å². The summed E-state index contributed by atoms with van der Waals surface area (Å²) in [6.07, 6.45) is 8.79. The van der Waals surface area contributed by atoms with Crippen LogP contribution in [0, 0.1) is 23.7 Å². The van der Waals surface area contributed by atoms with E-state index in [0.717, 1.165) is 82.6 Å². The first-order chi connectivity index (χ1) is 13.3. The van der Waals surface area contributed by atoms with E-state index < -0.39 is 0 Å². The molecule has 5 aliphatic rings. The lowest BCUT2D eigenvalue weighted by Crippen LogP contribution is -2.62. The van der Waals surface area contributed by atoms with E-state index in [0.29, 0.717) is 6.04 Å². The molecule has 0 unspecified atom stereocenters. The van der Waals surface area contributed by atoms with E-state index in [9.17, 15) is 4.79 Å². The van der Waals surface area contributed by atoms with Crippen molar-refractivity contribution in [3.05, 3.63) is 0 Å². The van der Waals surface area contributed by atoms with E-state index >= 15 is 0 Å². The second-order valence-electron chi connectivity index (χ2n) is 9.52. The van der Waals surface area contributed by atoms with E-state index in [2.05, 4.69) is 15.5 Å². The van der Waals surface area contributed by atoms with Gasteiger partial charge in [-0.3, -0.25) is 4.90 Å². The van der Waals surface area contributed by atoms with Gasteiger partial charge in [-0.25, -0.2) is 4.79 Å². The zero-order chi connectivity index (χ0) is 18.3. The highest BCUT2D eigenvalue weighted by atomic mass is 16.5. The van der Waals surface area contributed by atoms with Gasteiger partial charge in [0.15, 0.2) is 0 Å². The van der Waals surface area contributed by atoms with Gasteiger partial charge >= 0.3 is 6.03 Å². The maximum atomic E-state index is 12.7. The van der Waals surface area contributed by atoms with Crippen molar-refractivity contribution in [3.8, 4) is 0 Å². The minimum Gasteiger partial charge on any atom is -0.381 e. The average Bonchev–Trinajstić information content (AvgIpc) is 3.41. The van der Waals surface area contributed by atoms with Crippen molar-refractivity contribution in [2.75, 3.05) is 46.1 Å². The molecular weight excluding hydrogens is 342 g/mol. The normalized spacial score (nSPS) is 40.7. The molecule has 5 rings (SSSR count). The molecule has 3 saturated carbocycles. The largest absolute Gasteiger partial charge is 0.381 e. The van der Waals surface area contributed by atoms with Gasteiger partial charge in [-0.05, 0) is 62.2 Å². The van der Waals surface area contributed by atoms with E-state index in [1.165, 1.54) is 32.1 Å². The summed E-state index contributed by atoms with van der Waals surface area (Å²) < 4.78 is 11.2. The van der Waals surface area contributed by atoms with Crippen LogP contribution in [0.4, 0.5) is 4.79 Å². The highest BCUT2D eigenvalue weighted by Gasteiger charge is 2.54. The number of nitrogens with one attached hydrogen (secondary N) is 2. The van der Waals surface area contributed by atoms with E-state index in [1.54, 1.807) is 0 Å². The summed E-state index contributed by atoms with van der Waals surface area (Å²) in [5, 5.41) is 6.61. The molecule has 2 aliphatic heterocycles. The van der Waals surface area contributed by atoms with E-state index in [1.807, 2.05) is 0 Å². The average molecular weight is 378 g/mol. The minimum atomic E-state index is 0.0323. The molecule has 2 bridgehead atoms. The maximum Gasteiger partial charge on any atom is 0.315 e. The molecule has 0 aromatic heterocycles. The smallest absolute Gasteiger partial charge is 0.315 e. The Balaban J connectivity index is 1.17. The van der Waals surface area contributed by atoms with Gasteiger partial charge < -0.3 is 20.1 Å². The summed E-state index contributed by atoms with van der Waals surface area (Å²) in [5.41, 5.74) is 0.0323. The molecule has 152 valence electrons. The molecule has 27 heavy (non-hydrogen) atoms. The monoisotopic (exact) mass is 377 g/mol. The van der Waals surface area contributed by atoms with Crippen LogP contribution >= 0.6 is 0 Å². The van der Waals surface area contributed by atoms with Gasteiger partial charge in [0, 0.05) is 44.4 Å². The molecule has 6 heteroatoms. The molecule has 2 saturated heterocycles. The zero-order valence-corrected chi connectivity index (χ0v) is 16.5. The van der Waals surface area contributed by atoms with Gasteiger partial charge in [-0.15, -0.1) is 0 Å². The number of ether oxygens (including phenoxy) is 2. The van der Waals surface area contributed by atoms with Gasteiger partial charge in [-0.2, -0.15) is 0 Å². The number of nitrogens with zero attached hydrogens (tertiary/aromatic N) is 1. The van der Waals surface area contributed by atoms with Crippen LogP contribution in [0.1, 0.15) is 44.9 Å². The van der Waals surface area contributed by atoms with Gasteiger partial charge in [0.25, 0.3) is 0 Å². The Morgan fingerprint density at radius 2 is 1.70 bits per heavy atom. The topological polar surface area (TPSA) is 62.8 Å². The molecule has 0 aromatic carbocycles. The first-order valence-electron chi connectivity index (χ1n) is 11.2. The first kappa shape index (κ1) is 18.2. The standard InChI is InChI=1S/C21H35N3O3/c25-20(23-19-13-15-12-18(19)17-3-1-2-16(15)17)22-14-21(4-8-26-9-5-21)24-6-10-27-11-7-24/h15-19H,1-14H2,(H2,22,23,25)/t15-,16-,17-,18+,19-/m1/s1. The van der Waals surface area contributed by atoms with Gasteiger partial charge in [0.1, 0.15) is 0 Å². The number of hydrogen-bond donors (Lipinski definition) is 2. The number of carbonyl (C=O) groups excluding carboxylic acids is 1. The molecule has 0 spiro atoms. The van der Waals surface area contributed by atoms with Crippen LogP contribution in [-0.2, 0) is 9.47 Å². The molecule has 0 radical (unpaired) electrons. The van der Waals surface area contributed by atoms with Crippen molar-refractivity contribution in [1.82, 2.24) is 15.5 Å². The summed E-state index contributed by atoms with van der Waals surface area (Å²) in [6, 6.07) is 0.449. The fourth-order valence-corrected chi connectivity index (χ4v) is 7.09. The lowest BCUT2D eigenvalue weighted by molar-refractivity contribution is -0.0691. The lowest BCUT2D eigenvalue weighted by Gasteiger charge is -2.48. The molecule has 5 fully saturated rings. The summed E-state index contributed by atoms with van der Waals surface area (Å²) in [5.74, 6) is 3.49. The third kappa shape index (κ3) is 3.38. The molecule has 0 aromatic rings. The van der Waals surface area contributed by atoms with Gasteiger partial charge in [0.2, 0.25) is 0 Å². The molecule has 3 aliphatic carbocycles. The minimum absolute atomic E-state index is 0.0323. The van der Waals surface area contributed by atoms with Gasteiger partial charge in [-0.1, -0.05) is 6.42 Å². The number of rotatable bonds is 4. The Kier molecular flexibility index (Phi) is 5.07. The van der Waals surface area contributed by atoms with Crippen molar-refractivity contribution in [3.63, 3.8) is 0 Å². The third-order valence-electron chi connectivity index (χ3n) is 8.43. The highest BCUT2D eigenvalue weighted by Crippen LogP contribution is 2.58. The number of urea groups is 1. The lowest BCUT2D eigenvalue weighted by atomic mass is 9.79. The summed E-state index contributed by atoms with van der Waals surface area (Å²) in [4.78, 5) is 15.3. The maximum absolute atomic E-state index is 12.7. The summed E-state index contributed by atoms with van der Waals surface area (Å²) in [7, 11) is 0. The second kappa shape index (κ2) is 7.53. The van der Waals surface area contributed by atoms with Crippen LogP contribution in [0.3, 0.4) is 0 Å². The Morgan fingerprint density at radius 3 is 2.52 bits per heavy atom. The van der Waals surface area contributed by atoms with Crippen LogP contribution in [0.15, 0.2) is 0 Å². The number of fused-ring (bicyclic) bond motifs is 5. The first-order valence-corrected chi connectivity index (χ1v) is 11.2. The third-order valence-corrected chi connectivity index (χ3v) is 8.43. The van der Waals surface area contributed by atoms with E-state index in [-0.39, 0.29) is 11.6 Å². The summed E-state index contributed by atoms with van der Waals surface area (Å²) in [6.45, 7) is 5.80. The van der Waals surface area contributed by atoms with Gasteiger partial charge in [0.05, 0.1) is 13.2 Å². The quantitative estimate of drug-likeness (QED) is 0.787. The summed E-state index contributed by atoms with van der Waals surface area (Å²) >= 11 is 0. The Morgan fingerprint density at radius 1 is 0.963 bits per heavy atom. The second-order valence-corrected chi connectivity index (χ2v) is 9.52. The highest BCUT2D eigenvalue weighted by molar-refractivity contribution is 5.74. The fourth-order valence-electron chi connectivity index (χ4n) is 7.09. The fraction of sp³-hybridized carbons (Fsp3) is 0.952. The molecule has 6 nitrogen and oxygen atoms in total. The number of hydrogen-bond acceptors (Lipinski definition) is 4.